The molecule has 2 aromatic carbocycles. The van der Waals surface area contributed by atoms with E-state index < -0.39 is 0 Å². The monoisotopic (exact) mass is 304 g/mol. The van der Waals surface area contributed by atoms with E-state index in [0.29, 0.717) is 10.0 Å². The minimum Gasteiger partial charge on any atom is -0.299 e. The molecular formula is C17H14Cl2O. The van der Waals surface area contributed by atoms with Crippen molar-refractivity contribution in [3.63, 3.8) is 0 Å². The summed E-state index contributed by atoms with van der Waals surface area (Å²) >= 11 is 12.1. The van der Waals surface area contributed by atoms with E-state index in [2.05, 4.69) is 12.1 Å². The molecular weight excluding hydrogens is 291 g/mol. The Morgan fingerprint density at radius 3 is 2.40 bits per heavy atom. The number of benzene rings is 2. The number of hydrogen-bond donors (Lipinski definition) is 0. The van der Waals surface area contributed by atoms with Crippen LogP contribution in [0.3, 0.4) is 0 Å². The first-order valence-corrected chi connectivity index (χ1v) is 6.97. The number of carbonyl (C=O) groups excluding carboxylic acids is 1. The summed E-state index contributed by atoms with van der Waals surface area (Å²) in [6.45, 7) is 4.07. The summed E-state index contributed by atoms with van der Waals surface area (Å²) in [5.74, 6) is 0. The van der Waals surface area contributed by atoms with Crippen LogP contribution in [0.4, 0.5) is 0 Å². The Balaban J connectivity index is 2.67. The topological polar surface area (TPSA) is 17.1 Å². The lowest BCUT2D eigenvalue weighted by molar-refractivity contribution is -0.104. The van der Waals surface area contributed by atoms with Crippen molar-refractivity contribution in [2.45, 2.75) is 13.8 Å². The summed E-state index contributed by atoms with van der Waals surface area (Å²) in [5, 5.41) is 1.05. The summed E-state index contributed by atoms with van der Waals surface area (Å²) in [6, 6.07) is 9.73. The predicted octanol–water partition coefficient (Wildman–Crippen LogP) is 5.49. The fourth-order valence-electron chi connectivity index (χ4n) is 2.24. The summed E-state index contributed by atoms with van der Waals surface area (Å²) < 4.78 is 0. The van der Waals surface area contributed by atoms with Gasteiger partial charge in [0.15, 0.2) is 0 Å². The Kier molecular flexibility index (Phi) is 4.64. The lowest BCUT2D eigenvalue weighted by Gasteiger charge is -2.12. The molecule has 0 aliphatic rings. The minimum absolute atomic E-state index is 0.522. The number of aryl methyl sites for hydroxylation is 2. The summed E-state index contributed by atoms with van der Waals surface area (Å²) in [5.41, 5.74) is 5.31. The predicted molar refractivity (Wildman–Crippen MR) is 86.5 cm³/mol. The van der Waals surface area contributed by atoms with Gasteiger partial charge in [0.1, 0.15) is 6.29 Å². The highest BCUT2D eigenvalue weighted by Crippen LogP contribution is 2.33. The molecule has 0 atom stereocenters. The summed E-state index contributed by atoms with van der Waals surface area (Å²) in [7, 11) is 0. The van der Waals surface area contributed by atoms with Crippen molar-refractivity contribution in [1.82, 2.24) is 0 Å². The molecule has 2 rings (SSSR count). The van der Waals surface area contributed by atoms with E-state index in [9.17, 15) is 4.79 Å². The van der Waals surface area contributed by atoms with Crippen molar-refractivity contribution in [2.24, 2.45) is 0 Å². The van der Waals surface area contributed by atoms with Gasteiger partial charge in [0.2, 0.25) is 0 Å². The average Bonchev–Trinajstić information content (AvgIpc) is 2.40. The molecule has 102 valence electrons. The second-order valence-corrected chi connectivity index (χ2v) is 5.48. The maximum Gasteiger partial charge on any atom is 0.142 e. The third-order valence-corrected chi connectivity index (χ3v) is 3.84. The molecule has 1 nitrogen and oxygen atoms in total. The van der Waals surface area contributed by atoms with Gasteiger partial charge >= 0.3 is 0 Å². The highest BCUT2D eigenvalue weighted by atomic mass is 35.5. The van der Waals surface area contributed by atoms with Crippen molar-refractivity contribution in [1.29, 1.82) is 0 Å². The molecule has 0 saturated carbocycles. The van der Waals surface area contributed by atoms with Crippen molar-refractivity contribution in [3.8, 4) is 11.1 Å². The molecule has 0 unspecified atom stereocenters. The molecule has 0 N–H and O–H groups in total. The molecule has 0 spiro atoms. The fourth-order valence-corrected chi connectivity index (χ4v) is 2.54. The van der Waals surface area contributed by atoms with Gasteiger partial charge in [-0.1, -0.05) is 53.0 Å². The van der Waals surface area contributed by atoms with Crippen LogP contribution in [0.1, 0.15) is 16.7 Å². The molecule has 3 heteroatoms. The van der Waals surface area contributed by atoms with Gasteiger partial charge < -0.3 is 0 Å². The fraction of sp³-hybridized carbons (Fsp3) is 0.118. The molecule has 0 aliphatic carbocycles. The zero-order valence-electron chi connectivity index (χ0n) is 11.3. The first-order chi connectivity index (χ1) is 9.52. The highest BCUT2D eigenvalue weighted by molar-refractivity contribution is 6.42. The second-order valence-electron chi connectivity index (χ2n) is 4.67. The molecule has 0 aromatic heterocycles. The zero-order chi connectivity index (χ0) is 14.7. The Morgan fingerprint density at radius 1 is 1.00 bits per heavy atom. The van der Waals surface area contributed by atoms with Crippen molar-refractivity contribution < 1.29 is 4.79 Å². The van der Waals surface area contributed by atoms with E-state index in [1.54, 1.807) is 6.07 Å². The molecule has 0 aliphatic heterocycles. The van der Waals surface area contributed by atoms with Crippen LogP contribution in [0.25, 0.3) is 17.2 Å². The zero-order valence-corrected chi connectivity index (χ0v) is 12.8. The van der Waals surface area contributed by atoms with Crippen LogP contribution in [0.2, 0.25) is 10.0 Å². The van der Waals surface area contributed by atoms with E-state index in [1.165, 1.54) is 6.08 Å². The van der Waals surface area contributed by atoms with Crippen LogP contribution in [0.15, 0.2) is 36.4 Å². The van der Waals surface area contributed by atoms with Crippen molar-refractivity contribution in [3.05, 3.63) is 63.1 Å². The lowest BCUT2D eigenvalue weighted by atomic mass is 9.93. The van der Waals surface area contributed by atoms with Gasteiger partial charge in [-0.25, -0.2) is 0 Å². The summed E-state index contributed by atoms with van der Waals surface area (Å²) in [6.07, 6.45) is 4.09. The van der Waals surface area contributed by atoms with E-state index in [4.69, 9.17) is 23.2 Å². The van der Waals surface area contributed by atoms with Gasteiger partial charge in [0.25, 0.3) is 0 Å². The van der Waals surface area contributed by atoms with E-state index in [0.717, 1.165) is 34.1 Å². The van der Waals surface area contributed by atoms with Crippen LogP contribution in [0, 0.1) is 13.8 Å². The van der Waals surface area contributed by atoms with Crippen LogP contribution in [-0.2, 0) is 4.79 Å². The van der Waals surface area contributed by atoms with Crippen LogP contribution < -0.4 is 0 Å². The van der Waals surface area contributed by atoms with Crippen LogP contribution in [-0.4, -0.2) is 6.29 Å². The largest absolute Gasteiger partial charge is 0.299 e. The SMILES string of the molecule is Cc1cc(C)c(/C=C/C=O)c(-c2ccc(Cl)c(Cl)c2)c1. The number of allylic oxidation sites excluding steroid dienone is 1. The van der Waals surface area contributed by atoms with E-state index >= 15 is 0 Å². The molecule has 0 amide bonds. The van der Waals surface area contributed by atoms with Gasteiger partial charge in [-0.15, -0.1) is 0 Å². The molecule has 0 heterocycles. The van der Waals surface area contributed by atoms with Crippen molar-refractivity contribution >= 4 is 35.6 Å². The van der Waals surface area contributed by atoms with E-state index in [-0.39, 0.29) is 0 Å². The Labute approximate surface area is 128 Å². The smallest absolute Gasteiger partial charge is 0.142 e. The van der Waals surface area contributed by atoms with Gasteiger partial charge in [0, 0.05) is 0 Å². The number of rotatable bonds is 3. The Morgan fingerprint density at radius 2 is 1.75 bits per heavy atom. The lowest BCUT2D eigenvalue weighted by Crippen LogP contribution is -1.90. The van der Waals surface area contributed by atoms with Gasteiger partial charge in [0.05, 0.1) is 10.0 Å². The molecule has 0 radical (unpaired) electrons. The highest BCUT2D eigenvalue weighted by Gasteiger charge is 2.09. The van der Waals surface area contributed by atoms with Gasteiger partial charge in [-0.2, -0.15) is 0 Å². The number of hydrogen-bond acceptors (Lipinski definition) is 1. The standard InChI is InChI=1S/C17H14Cl2O/c1-11-8-12(2)14(4-3-7-20)15(9-11)13-5-6-16(18)17(19)10-13/h3-10H,1-2H3/b4-3+. The first kappa shape index (κ1) is 14.8. The normalized spacial score (nSPS) is 11.0. The van der Waals surface area contributed by atoms with Crippen molar-refractivity contribution in [2.75, 3.05) is 0 Å². The van der Waals surface area contributed by atoms with Crippen LogP contribution >= 0.6 is 23.2 Å². The third kappa shape index (κ3) is 3.12. The molecule has 0 saturated heterocycles. The molecule has 20 heavy (non-hydrogen) atoms. The molecule has 2 aromatic rings. The minimum atomic E-state index is 0.522. The number of halogens is 2. The maximum atomic E-state index is 10.6. The van der Waals surface area contributed by atoms with Crippen LogP contribution in [0.5, 0.6) is 0 Å². The Hall–Kier alpha value is -1.57. The number of aldehydes is 1. The quantitative estimate of drug-likeness (QED) is 0.541. The third-order valence-electron chi connectivity index (χ3n) is 3.10. The molecule has 0 bridgehead atoms. The summed E-state index contributed by atoms with van der Waals surface area (Å²) in [4.78, 5) is 10.6. The first-order valence-electron chi connectivity index (χ1n) is 6.21. The van der Waals surface area contributed by atoms with E-state index in [1.807, 2.05) is 32.1 Å². The number of carbonyl (C=O) groups is 1. The Bertz CT molecular complexity index is 688. The molecule has 0 fully saturated rings. The maximum absolute atomic E-state index is 10.6. The van der Waals surface area contributed by atoms with Gasteiger partial charge in [-0.3, -0.25) is 4.79 Å². The average molecular weight is 305 g/mol. The van der Waals surface area contributed by atoms with Gasteiger partial charge in [-0.05, 0) is 54.3 Å². The second kappa shape index (κ2) is 6.25.